The fourth-order valence-corrected chi connectivity index (χ4v) is 7.16. The highest BCUT2D eigenvalue weighted by Crippen LogP contribution is 2.45. The summed E-state index contributed by atoms with van der Waals surface area (Å²) in [5.41, 5.74) is 8.05. The SMILES string of the molecule is CCC(C)(C)C1CCc2c(sc(NC(=O)CSc3nc(C)c(CC(N)=O)s3)c2C#N)C1. The van der Waals surface area contributed by atoms with E-state index in [0.29, 0.717) is 16.5 Å². The van der Waals surface area contributed by atoms with Crippen LogP contribution in [0.25, 0.3) is 0 Å². The van der Waals surface area contributed by atoms with Crippen LogP contribution in [0.2, 0.25) is 0 Å². The number of aryl methyl sites for hydroxylation is 1. The monoisotopic (exact) mass is 476 g/mol. The molecule has 3 N–H and O–H groups in total. The molecular formula is C22H28N4O2S3. The molecule has 9 heteroatoms. The van der Waals surface area contributed by atoms with Gasteiger partial charge >= 0.3 is 0 Å². The Labute approximate surface area is 195 Å². The number of anilines is 1. The first kappa shape index (κ1) is 23.8. The number of nitrogens with zero attached hydrogens (tertiary/aromatic N) is 2. The lowest BCUT2D eigenvalue weighted by molar-refractivity contribution is -0.117. The summed E-state index contributed by atoms with van der Waals surface area (Å²) in [7, 11) is 0. The molecule has 2 heterocycles. The quantitative estimate of drug-likeness (QED) is 0.538. The minimum atomic E-state index is -0.392. The van der Waals surface area contributed by atoms with Crippen molar-refractivity contribution >= 4 is 51.3 Å². The van der Waals surface area contributed by atoms with Gasteiger partial charge in [0.2, 0.25) is 11.8 Å². The maximum absolute atomic E-state index is 12.6. The predicted molar refractivity (Wildman–Crippen MR) is 128 cm³/mol. The van der Waals surface area contributed by atoms with Crippen LogP contribution < -0.4 is 11.1 Å². The second kappa shape index (κ2) is 9.72. The van der Waals surface area contributed by atoms with E-state index < -0.39 is 5.91 Å². The van der Waals surface area contributed by atoms with Crippen molar-refractivity contribution in [2.75, 3.05) is 11.1 Å². The maximum Gasteiger partial charge on any atom is 0.235 e. The molecule has 0 saturated carbocycles. The van der Waals surface area contributed by atoms with E-state index in [1.54, 1.807) is 11.3 Å². The molecule has 2 aromatic heterocycles. The Morgan fingerprint density at radius 2 is 2.13 bits per heavy atom. The van der Waals surface area contributed by atoms with Gasteiger partial charge in [-0.3, -0.25) is 9.59 Å². The Balaban J connectivity index is 1.66. The van der Waals surface area contributed by atoms with Crippen LogP contribution in [0.5, 0.6) is 0 Å². The van der Waals surface area contributed by atoms with Crippen molar-refractivity contribution in [1.82, 2.24) is 4.98 Å². The zero-order chi connectivity index (χ0) is 22.8. The highest BCUT2D eigenvalue weighted by atomic mass is 32.2. The fourth-order valence-electron chi connectivity index (χ4n) is 3.82. The van der Waals surface area contributed by atoms with Crippen LogP contribution in [0.15, 0.2) is 4.34 Å². The van der Waals surface area contributed by atoms with Gasteiger partial charge in [-0.25, -0.2) is 4.98 Å². The van der Waals surface area contributed by atoms with Crippen LogP contribution in [0, 0.1) is 29.6 Å². The van der Waals surface area contributed by atoms with Gasteiger partial charge in [0.15, 0.2) is 4.34 Å². The largest absolute Gasteiger partial charge is 0.369 e. The highest BCUT2D eigenvalue weighted by molar-refractivity contribution is 8.01. The number of thioether (sulfide) groups is 1. The van der Waals surface area contributed by atoms with Crippen molar-refractivity contribution in [3.05, 3.63) is 26.6 Å². The summed E-state index contributed by atoms with van der Waals surface area (Å²) in [5.74, 6) is 0.241. The molecule has 6 nitrogen and oxygen atoms in total. The third-order valence-corrected chi connectivity index (χ3v) is 9.65. The number of rotatable bonds is 8. The molecule has 2 aromatic rings. The van der Waals surface area contributed by atoms with Gasteiger partial charge in [-0.2, -0.15) is 5.26 Å². The summed E-state index contributed by atoms with van der Waals surface area (Å²) in [6.45, 7) is 8.70. The van der Waals surface area contributed by atoms with Crippen LogP contribution in [0.3, 0.4) is 0 Å². The fraction of sp³-hybridized carbons (Fsp3) is 0.545. The molecule has 1 atom stereocenters. The molecule has 0 aliphatic heterocycles. The summed E-state index contributed by atoms with van der Waals surface area (Å²) >= 11 is 4.27. The molecule has 2 amide bonds. The Hall–Kier alpha value is -1.89. The molecule has 3 rings (SSSR count). The second-order valence-corrected chi connectivity index (χ2v) is 12.0. The Kier molecular flexibility index (Phi) is 7.45. The molecule has 1 aliphatic carbocycles. The summed E-state index contributed by atoms with van der Waals surface area (Å²) < 4.78 is 0.736. The summed E-state index contributed by atoms with van der Waals surface area (Å²) in [6, 6.07) is 2.31. The van der Waals surface area contributed by atoms with E-state index in [2.05, 4.69) is 37.1 Å². The number of hydrogen-bond donors (Lipinski definition) is 2. The van der Waals surface area contributed by atoms with E-state index in [-0.39, 0.29) is 23.5 Å². The number of fused-ring (bicyclic) bond motifs is 1. The molecule has 0 saturated heterocycles. The van der Waals surface area contributed by atoms with Gasteiger partial charge in [-0.15, -0.1) is 22.7 Å². The molecular weight excluding hydrogens is 448 g/mol. The van der Waals surface area contributed by atoms with Gasteiger partial charge in [0.05, 0.1) is 23.4 Å². The smallest absolute Gasteiger partial charge is 0.235 e. The number of aromatic nitrogens is 1. The molecule has 1 aliphatic rings. The average Bonchev–Trinajstić information content (AvgIpc) is 3.24. The first-order chi connectivity index (χ1) is 14.6. The van der Waals surface area contributed by atoms with Crippen LogP contribution in [-0.4, -0.2) is 22.6 Å². The zero-order valence-electron chi connectivity index (χ0n) is 18.3. The third kappa shape index (κ3) is 5.48. The van der Waals surface area contributed by atoms with Crippen LogP contribution in [-0.2, 0) is 28.9 Å². The number of thiophene rings is 1. The molecule has 31 heavy (non-hydrogen) atoms. The van der Waals surface area contributed by atoms with Gasteiger partial charge in [0.1, 0.15) is 11.1 Å². The Bertz CT molecular complexity index is 1030. The lowest BCUT2D eigenvalue weighted by Crippen LogP contribution is -2.28. The number of thiazole rings is 1. The topological polar surface area (TPSA) is 109 Å². The summed E-state index contributed by atoms with van der Waals surface area (Å²) in [6.07, 6.45) is 4.25. The highest BCUT2D eigenvalue weighted by Gasteiger charge is 2.34. The number of carbonyl (C=O) groups excluding carboxylic acids is 2. The standard InChI is InChI=1S/C22H28N4O2S3/c1-5-22(3,4)13-6-7-14-15(10-23)20(30-17(14)8-13)26-19(28)11-29-21-25-12(2)16(31-21)9-18(24)27/h13H,5-9,11H2,1-4H3,(H2,24,27)(H,26,28). The number of nitrogens with two attached hydrogens (primary N) is 1. The summed E-state index contributed by atoms with van der Waals surface area (Å²) in [5, 5.41) is 13.3. The zero-order valence-corrected chi connectivity index (χ0v) is 20.8. The van der Waals surface area contributed by atoms with Gasteiger partial charge < -0.3 is 11.1 Å². The number of amides is 2. The minimum Gasteiger partial charge on any atom is -0.369 e. The Morgan fingerprint density at radius 3 is 2.77 bits per heavy atom. The number of carbonyl (C=O) groups is 2. The Morgan fingerprint density at radius 1 is 1.39 bits per heavy atom. The van der Waals surface area contributed by atoms with Gasteiger partial charge in [-0.1, -0.05) is 39.0 Å². The average molecular weight is 477 g/mol. The van der Waals surface area contributed by atoms with Crippen LogP contribution in [0.4, 0.5) is 5.00 Å². The first-order valence-corrected chi connectivity index (χ1v) is 13.0. The van der Waals surface area contributed by atoms with E-state index in [4.69, 9.17) is 5.73 Å². The number of nitrogens with one attached hydrogen (secondary N) is 1. The van der Waals surface area contributed by atoms with E-state index in [0.717, 1.165) is 46.2 Å². The van der Waals surface area contributed by atoms with Crippen molar-refractivity contribution in [3.8, 4) is 6.07 Å². The normalized spacial score (nSPS) is 15.9. The van der Waals surface area contributed by atoms with E-state index in [1.807, 2.05) is 6.92 Å². The first-order valence-electron chi connectivity index (χ1n) is 10.4. The number of hydrogen-bond acceptors (Lipinski definition) is 7. The molecule has 0 bridgehead atoms. The van der Waals surface area contributed by atoms with Crippen molar-refractivity contribution in [2.45, 2.75) is 64.1 Å². The van der Waals surface area contributed by atoms with Crippen molar-refractivity contribution < 1.29 is 9.59 Å². The lowest BCUT2D eigenvalue weighted by Gasteiger charge is -2.36. The molecule has 0 aromatic carbocycles. The third-order valence-electron chi connectivity index (χ3n) is 6.18. The number of nitriles is 1. The van der Waals surface area contributed by atoms with Crippen molar-refractivity contribution in [1.29, 1.82) is 5.26 Å². The molecule has 0 radical (unpaired) electrons. The predicted octanol–water partition coefficient (Wildman–Crippen LogP) is 4.68. The van der Waals surface area contributed by atoms with Gasteiger partial charge in [0, 0.05) is 9.75 Å². The lowest BCUT2D eigenvalue weighted by atomic mass is 9.69. The van der Waals surface area contributed by atoms with Crippen molar-refractivity contribution in [2.24, 2.45) is 17.1 Å². The van der Waals surface area contributed by atoms with Crippen LogP contribution in [0.1, 0.15) is 60.2 Å². The van der Waals surface area contributed by atoms with Gasteiger partial charge in [0.25, 0.3) is 0 Å². The van der Waals surface area contributed by atoms with E-state index >= 15 is 0 Å². The van der Waals surface area contributed by atoms with Crippen molar-refractivity contribution in [3.63, 3.8) is 0 Å². The molecule has 1 unspecified atom stereocenters. The number of primary amides is 1. The van der Waals surface area contributed by atoms with E-state index in [1.165, 1.54) is 28.0 Å². The molecule has 166 valence electrons. The molecule has 0 fully saturated rings. The maximum atomic E-state index is 12.6. The van der Waals surface area contributed by atoms with Gasteiger partial charge in [-0.05, 0) is 43.1 Å². The second-order valence-electron chi connectivity index (χ2n) is 8.57. The van der Waals surface area contributed by atoms with Crippen LogP contribution >= 0.6 is 34.4 Å². The summed E-state index contributed by atoms with van der Waals surface area (Å²) in [4.78, 5) is 30.2. The minimum absolute atomic E-state index is 0.158. The molecule has 0 spiro atoms. The van der Waals surface area contributed by atoms with E-state index in [9.17, 15) is 14.9 Å².